The molecule has 1 atom stereocenters. The lowest BCUT2D eigenvalue weighted by atomic mass is 10.1. The summed E-state index contributed by atoms with van der Waals surface area (Å²) in [7, 11) is 0. The molecule has 6 heteroatoms. The molecule has 0 radical (unpaired) electrons. The first-order valence-electron chi connectivity index (χ1n) is 6.70. The molecule has 0 saturated carbocycles. The van der Waals surface area contributed by atoms with E-state index in [1.807, 2.05) is 50.2 Å². The van der Waals surface area contributed by atoms with Crippen molar-refractivity contribution in [2.75, 3.05) is 0 Å². The Bertz CT molecular complexity index is 732. The van der Waals surface area contributed by atoms with Crippen molar-refractivity contribution in [1.29, 1.82) is 0 Å². The molecule has 0 aliphatic rings. The first-order valence-corrected chi connectivity index (χ1v) is 6.70. The zero-order valence-corrected chi connectivity index (χ0v) is 11.9. The number of aryl methyl sites for hydroxylation is 2. The molecule has 3 N–H and O–H groups in total. The number of hydrazine groups is 1. The van der Waals surface area contributed by atoms with Gasteiger partial charge in [0.25, 0.3) is 0 Å². The summed E-state index contributed by atoms with van der Waals surface area (Å²) >= 11 is 0. The molecule has 0 amide bonds. The number of nitrogens with zero attached hydrogens (tertiary/aromatic N) is 3. The average molecular weight is 283 g/mol. The molecule has 1 unspecified atom stereocenters. The van der Waals surface area contributed by atoms with Crippen LogP contribution in [-0.4, -0.2) is 15.0 Å². The maximum absolute atomic E-state index is 5.76. The third kappa shape index (κ3) is 2.46. The van der Waals surface area contributed by atoms with E-state index in [2.05, 4.69) is 15.7 Å². The molecule has 1 aromatic carbocycles. The van der Waals surface area contributed by atoms with Gasteiger partial charge in [0.1, 0.15) is 11.5 Å². The van der Waals surface area contributed by atoms with E-state index in [0.29, 0.717) is 0 Å². The maximum atomic E-state index is 5.76. The van der Waals surface area contributed by atoms with Gasteiger partial charge >= 0.3 is 0 Å². The largest absolute Gasteiger partial charge is 0.466 e. The molecule has 0 aliphatic heterocycles. The lowest BCUT2D eigenvalue weighted by Gasteiger charge is -2.16. The lowest BCUT2D eigenvalue weighted by Crippen LogP contribution is -2.30. The van der Waals surface area contributed by atoms with Crippen molar-refractivity contribution in [3.05, 3.63) is 65.4 Å². The van der Waals surface area contributed by atoms with Gasteiger partial charge in [-0.1, -0.05) is 23.4 Å². The van der Waals surface area contributed by atoms with Gasteiger partial charge in [0, 0.05) is 5.56 Å². The molecule has 2 aromatic heterocycles. The Hall–Kier alpha value is -2.44. The van der Waals surface area contributed by atoms with Crippen molar-refractivity contribution in [1.82, 2.24) is 20.4 Å². The standard InChI is InChI=1S/C15H17N5O/c1-10-8-13(11(2)21-10)15(18-16)14-9-17-19-20(14)12-6-4-3-5-7-12/h3-9,15,18H,16H2,1-2H3. The fraction of sp³-hybridized carbons (Fsp3) is 0.200. The van der Waals surface area contributed by atoms with Crippen LogP contribution in [0.1, 0.15) is 28.8 Å². The van der Waals surface area contributed by atoms with Crippen LogP contribution in [0.25, 0.3) is 5.69 Å². The van der Waals surface area contributed by atoms with E-state index in [1.165, 1.54) is 0 Å². The van der Waals surface area contributed by atoms with Crippen molar-refractivity contribution in [2.45, 2.75) is 19.9 Å². The fourth-order valence-electron chi connectivity index (χ4n) is 2.48. The van der Waals surface area contributed by atoms with Gasteiger partial charge in [-0.05, 0) is 32.0 Å². The number of furan rings is 1. The third-order valence-corrected chi connectivity index (χ3v) is 3.43. The van der Waals surface area contributed by atoms with Gasteiger partial charge in [-0.3, -0.25) is 5.84 Å². The number of para-hydroxylation sites is 1. The zero-order chi connectivity index (χ0) is 14.8. The van der Waals surface area contributed by atoms with Gasteiger partial charge in [0.05, 0.1) is 23.6 Å². The highest BCUT2D eigenvalue weighted by Gasteiger charge is 2.22. The summed E-state index contributed by atoms with van der Waals surface area (Å²) in [4.78, 5) is 0. The Kier molecular flexibility index (Phi) is 3.55. The molecule has 0 bridgehead atoms. The van der Waals surface area contributed by atoms with E-state index >= 15 is 0 Å². The van der Waals surface area contributed by atoms with Gasteiger partial charge in [-0.15, -0.1) is 5.10 Å². The Balaban J connectivity index is 2.07. The summed E-state index contributed by atoms with van der Waals surface area (Å²) in [5, 5.41) is 8.17. The van der Waals surface area contributed by atoms with Crippen molar-refractivity contribution in [3.8, 4) is 5.69 Å². The van der Waals surface area contributed by atoms with Gasteiger partial charge in [0.2, 0.25) is 0 Å². The Morgan fingerprint density at radius 1 is 1.24 bits per heavy atom. The monoisotopic (exact) mass is 283 g/mol. The molecule has 3 rings (SSSR count). The topological polar surface area (TPSA) is 81.9 Å². The average Bonchev–Trinajstić information content (AvgIpc) is 3.09. The van der Waals surface area contributed by atoms with Crippen molar-refractivity contribution < 1.29 is 4.42 Å². The molecule has 2 heterocycles. The molecule has 108 valence electrons. The van der Waals surface area contributed by atoms with E-state index in [9.17, 15) is 0 Å². The van der Waals surface area contributed by atoms with Crippen LogP contribution in [0.4, 0.5) is 0 Å². The maximum Gasteiger partial charge on any atom is 0.106 e. The van der Waals surface area contributed by atoms with Crippen molar-refractivity contribution in [2.24, 2.45) is 5.84 Å². The second-order valence-electron chi connectivity index (χ2n) is 4.87. The number of hydrogen-bond donors (Lipinski definition) is 2. The highest BCUT2D eigenvalue weighted by atomic mass is 16.3. The van der Waals surface area contributed by atoms with Crippen molar-refractivity contribution in [3.63, 3.8) is 0 Å². The predicted octanol–water partition coefficient (Wildman–Crippen LogP) is 2.03. The molecule has 6 nitrogen and oxygen atoms in total. The summed E-state index contributed by atoms with van der Waals surface area (Å²) < 4.78 is 7.37. The quantitative estimate of drug-likeness (QED) is 0.565. The molecular formula is C15H17N5O. The molecule has 0 spiro atoms. The third-order valence-electron chi connectivity index (χ3n) is 3.43. The highest BCUT2D eigenvalue weighted by molar-refractivity contribution is 5.36. The second kappa shape index (κ2) is 5.51. The van der Waals surface area contributed by atoms with E-state index < -0.39 is 0 Å². The predicted molar refractivity (Wildman–Crippen MR) is 78.7 cm³/mol. The minimum atomic E-state index is -0.238. The Labute approximate surface area is 122 Å². The fourth-order valence-corrected chi connectivity index (χ4v) is 2.48. The van der Waals surface area contributed by atoms with Gasteiger partial charge < -0.3 is 4.42 Å². The van der Waals surface area contributed by atoms with Crippen LogP contribution in [0, 0.1) is 13.8 Å². The molecular weight excluding hydrogens is 266 g/mol. The summed E-state index contributed by atoms with van der Waals surface area (Å²) in [6, 6.07) is 11.6. The Morgan fingerprint density at radius 3 is 2.62 bits per heavy atom. The minimum Gasteiger partial charge on any atom is -0.466 e. The summed E-state index contributed by atoms with van der Waals surface area (Å²) in [5.74, 6) is 7.44. The van der Waals surface area contributed by atoms with Crippen LogP contribution in [-0.2, 0) is 0 Å². The van der Waals surface area contributed by atoms with Crippen LogP contribution in [0.2, 0.25) is 0 Å². The van der Waals surface area contributed by atoms with E-state index in [0.717, 1.165) is 28.5 Å². The second-order valence-corrected chi connectivity index (χ2v) is 4.87. The lowest BCUT2D eigenvalue weighted by molar-refractivity contribution is 0.492. The molecule has 0 fully saturated rings. The van der Waals surface area contributed by atoms with Crippen LogP contribution >= 0.6 is 0 Å². The molecule has 21 heavy (non-hydrogen) atoms. The normalized spacial score (nSPS) is 12.5. The van der Waals surface area contributed by atoms with Crippen LogP contribution in [0.15, 0.2) is 47.0 Å². The van der Waals surface area contributed by atoms with Crippen LogP contribution < -0.4 is 11.3 Å². The Morgan fingerprint density at radius 2 is 2.00 bits per heavy atom. The summed E-state index contributed by atoms with van der Waals surface area (Å²) in [6.45, 7) is 3.83. The van der Waals surface area contributed by atoms with Gasteiger partial charge in [-0.25, -0.2) is 10.1 Å². The van der Waals surface area contributed by atoms with E-state index in [1.54, 1.807) is 10.9 Å². The number of rotatable bonds is 4. The van der Waals surface area contributed by atoms with Gasteiger partial charge in [-0.2, -0.15) is 0 Å². The number of hydrogen-bond acceptors (Lipinski definition) is 5. The van der Waals surface area contributed by atoms with Crippen LogP contribution in [0.3, 0.4) is 0 Å². The minimum absolute atomic E-state index is 0.238. The van der Waals surface area contributed by atoms with Gasteiger partial charge in [0.15, 0.2) is 0 Å². The first-order chi connectivity index (χ1) is 10.2. The number of nitrogens with two attached hydrogens (primary N) is 1. The van der Waals surface area contributed by atoms with Crippen LogP contribution in [0.5, 0.6) is 0 Å². The SMILES string of the molecule is Cc1cc(C(NN)c2cnnn2-c2ccccc2)c(C)o1. The number of aromatic nitrogens is 3. The van der Waals surface area contributed by atoms with E-state index in [-0.39, 0.29) is 6.04 Å². The highest BCUT2D eigenvalue weighted by Crippen LogP contribution is 2.27. The molecule has 0 saturated heterocycles. The smallest absolute Gasteiger partial charge is 0.106 e. The molecule has 0 aliphatic carbocycles. The number of benzene rings is 1. The zero-order valence-electron chi connectivity index (χ0n) is 11.9. The first kappa shape index (κ1) is 13.5. The van der Waals surface area contributed by atoms with E-state index in [4.69, 9.17) is 10.3 Å². The molecule has 3 aromatic rings. The number of nitrogens with one attached hydrogen (secondary N) is 1. The van der Waals surface area contributed by atoms with Crippen molar-refractivity contribution >= 4 is 0 Å². The summed E-state index contributed by atoms with van der Waals surface area (Å²) in [5.41, 5.74) is 5.59. The summed E-state index contributed by atoms with van der Waals surface area (Å²) in [6.07, 6.45) is 1.71.